The van der Waals surface area contributed by atoms with E-state index in [9.17, 15) is 13.2 Å². The van der Waals surface area contributed by atoms with Crippen molar-refractivity contribution in [1.29, 1.82) is 0 Å². The summed E-state index contributed by atoms with van der Waals surface area (Å²) in [5, 5.41) is 4.08. The Labute approximate surface area is 204 Å². The Morgan fingerprint density at radius 2 is 1.82 bits per heavy atom. The first-order valence-electron chi connectivity index (χ1n) is 10.8. The minimum atomic E-state index is -3.33. The van der Waals surface area contributed by atoms with Gasteiger partial charge in [0.2, 0.25) is 0 Å². The first kappa shape index (κ1) is 24.1. The van der Waals surface area contributed by atoms with Gasteiger partial charge in [-0.15, -0.1) is 0 Å². The summed E-state index contributed by atoms with van der Waals surface area (Å²) in [5.74, 6) is 0.201. The second kappa shape index (κ2) is 8.96. The van der Waals surface area contributed by atoms with Crippen molar-refractivity contribution < 1.29 is 17.9 Å². The number of piperidine rings is 1. The van der Waals surface area contributed by atoms with Crippen molar-refractivity contribution in [3.8, 4) is 5.75 Å². The summed E-state index contributed by atoms with van der Waals surface area (Å²) in [6, 6.07) is 8.82. The molecule has 0 aliphatic carbocycles. The van der Waals surface area contributed by atoms with Crippen LogP contribution in [0.25, 0.3) is 0 Å². The first-order valence-corrected chi connectivity index (χ1v) is 13.5. The Morgan fingerprint density at radius 1 is 1.15 bits per heavy atom. The summed E-state index contributed by atoms with van der Waals surface area (Å²) in [5.41, 5.74) is -0.195. The Hall–Kier alpha value is -2.03. The van der Waals surface area contributed by atoms with Crippen LogP contribution in [0.1, 0.15) is 39.5 Å². The lowest BCUT2D eigenvalue weighted by atomic mass is 9.95. The summed E-state index contributed by atoms with van der Waals surface area (Å²) < 4.78 is 29.3. The molecule has 1 N–H and O–H groups in total. The van der Waals surface area contributed by atoms with Gasteiger partial charge in [-0.05, 0) is 69.9 Å². The third kappa shape index (κ3) is 5.23. The van der Waals surface area contributed by atoms with Gasteiger partial charge in [-0.25, -0.2) is 13.4 Å². The fourth-order valence-electron chi connectivity index (χ4n) is 4.70. The zero-order valence-corrected chi connectivity index (χ0v) is 21.0. The Balaban J connectivity index is 1.41. The predicted molar refractivity (Wildman–Crippen MR) is 129 cm³/mol. The molecule has 2 fully saturated rings. The van der Waals surface area contributed by atoms with Gasteiger partial charge in [-0.2, -0.15) is 0 Å². The molecular formula is C23H27Cl2N3O4S. The number of pyridine rings is 1. The molecular weight excluding hydrogens is 485 g/mol. The quantitative estimate of drug-likeness (QED) is 0.622. The van der Waals surface area contributed by atoms with Gasteiger partial charge < -0.3 is 15.0 Å². The minimum absolute atomic E-state index is 0.0260. The SMILES string of the molecule is CC(C)(Oc1ccc(Cl)cc1Cl)C(=O)N[C@H]1C[C@H]2CC[C@@H](C1)N2c1ccc(S(C)(=O)=O)nc1. The number of amides is 1. The summed E-state index contributed by atoms with van der Waals surface area (Å²) in [7, 11) is -3.33. The maximum atomic E-state index is 13.0. The van der Waals surface area contributed by atoms with E-state index in [-0.39, 0.29) is 29.1 Å². The topological polar surface area (TPSA) is 88.6 Å². The molecule has 2 aromatic rings. The second-order valence-corrected chi connectivity index (χ2v) is 12.1. The van der Waals surface area contributed by atoms with Crippen LogP contribution in [0.5, 0.6) is 5.75 Å². The monoisotopic (exact) mass is 511 g/mol. The van der Waals surface area contributed by atoms with E-state index in [4.69, 9.17) is 27.9 Å². The number of hydrogen-bond acceptors (Lipinski definition) is 6. The van der Waals surface area contributed by atoms with E-state index in [0.717, 1.165) is 37.6 Å². The van der Waals surface area contributed by atoms with Gasteiger partial charge in [0.1, 0.15) is 5.75 Å². The molecule has 2 aliphatic rings. The van der Waals surface area contributed by atoms with Crippen molar-refractivity contribution in [2.75, 3.05) is 11.2 Å². The maximum Gasteiger partial charge on any atom is 0.263 e. The Bertz CT molecular complexity index is 1140. The van der Waals surface area contributed by atoms with E-state index < -0.39 is 15.4 Å². The fraction of sp³-hybridized carbons (Fsp3) is 0.478. The molecule has 2 saturated heterocycles. The molecule has 0 saturated carbocycles. The molecule has 0 unspecified atom stereocenters. The van der Waals surface area contributed by atoms with Gasteiger partial charge in [-0.3, -0.25) is 4.79 Å². The molecule has 2 aliphatic heterocycles. The number of nitrogens with zero attached hydrogens (tertiary/aromatic N) is 2. The molecule has 33 heavy (non-hydrogen) atoms. The summed E-state index contributed by atoms with van der Waals surface area (Å²) >= 11 is 12.1. The summed E-state index contributed by atoms with van der Waals surface area (Å²) in [6.07, 6.45) is 6.42. The Kier molecular flexibility index (Phi) is 6.55. The van der Waals surface area contributed by atoms with Crippen molar-refractivity contribution in [3.05, 3.63) is 46.6 Å². The number of rotatable bonds is 6. The molecule has 1 aromatic heterocycles. The Morgan fingerprint density at radius 3 is 2.36 bits per heavy atom. The van der Waals surface area contributed by atoms with E-state index in [0.29, 0.717) is 15.8 Å². The number of ether oxygens (including phenoxy) is 1. The van der Waals surface area contributed by atoms with Gasteiger partial charge in [0, 0.05) is 29.4 Å². The lowest BCUT2D eigenvalue weighted by molar-refractivity contribution is -0.135. The fourth-order valence-corrected chi connectivity index (χ4v) is 5.71. The first-order chi connectivity index (χ1) is 15.4. The van der Waals surface area contributed by atoms with Crippen LogP contribution < -0.4 is 15.0 Å². The number of sulfone groups is 1. The van der Waals surface area contributed by atoms with E-state index in [1.807, 2.05) is 6.07 Å². The van der Waals surface area contributed by atoms with Crippen LogP contribution in [0.15, 0.2) is 41.6 Å². The second-order valence-electron chi connectivity index (χ2n) is 9.25. The predicted octanol–water partition coefficient (Wildman–Crippen LogP) is 4.27. The highest BCUT2D eigenvalue weighted by Gasteiger charge is 2.43. The number of carbonyl (C=O) groups excluding carboxylic acids is 1. The number of fused-ring (bicyclic) bond motifs is 2. The van der Waals surface area contributed by atoms with Crippen LogP contribution in [0.3, 0.4) is 0 Å². The number of nitrogens with one attached hydrogen (secondary N) is 1. The highest BCUT2D eigenvalue weighted by Crippen LogP contribution is 2.39. The van der Waals surface area contributed by atoms with Crippen LogP contribution in [-0.2, 0) is 14.6 Å². The van der Waals surface area contributed by atoms with Gasteiger partial charge >= 0.3 is 0 Å². The van der Waals surface area contributed by atoms with Gasteiger partial charge in [0.25, 0.3) is 5.91 Å². The summed E-state index contributed by atoms with van der Waals surface area (Å²) in [6.45, 7) is 3.43. The van der Waals surface area contributed by atoms with Crippen LogP contribution in [-0.4, -0.2) is 49.3 Å². The lowest BCUT2D eigenvalue weighted by Crippen LogP contribution is -2.55. The molecule has 3 atom stereocenters. The third-order valence-corrected chi connectivity index (χ3v) is 7.80. The number of benzene rings is 1. The molecule has 3 heterocycles. The van der Waals surface area contributed by atoms with E-state index in [1.165, 1.54) is 0 Å². The number of anilines is 1. The highest BCUT2D eigenvalue weighted by molar-refractivity contribution is 7.90. The average molecular weight is 512 g/mol. The van der Waals surface area contributed by atoms with Crippen LogP contribution in [0.2, 0.25) is 10.0 Å². The van der Waals surface area contributed by atoms with Crippen LogP contribution >= 0.6 is 23.2 Å². The molecule has 7 nitrogen and oxygen atoms in total. The molecule has 0 spiro atoms. The van der Waals surface area contributed by atoms with Crippen molar-refractivity contribution in [3.63, 3.8) is 0 Å². The maximum absolute atomic E-state index is 13.0. The molecule has 10 heteroatoms. The molecule has 2 bridgehead atoms. The van der Waals surface area contributed by atoms with Gasteiger partial charge in [0.05, 0.1) is 16.9 Å². The van der Waals surface area contributed by atoms with Crippen molar-refractivity contribution in [2.45, 2.75) is 68.3 Å². The largest absolute Gasteiger partial charge is 0.476 e. The number of halogens is 2. The van der Waals surface area contributed by atoms with E-state index >= 15 is 0 Å². The zero-order chi connectivity index (χ0) is 24.0. The third-order valence-electron chi connectivity index (χ3n) is 6.27. The van der Waals surface area contributed by atoms with E-state index in [2.05, 4.69) is 15.2 Å². The summed E-state index contributed by atoms with van der Waals surface area (Å²) in [4.78, 5) is 19.5. The molecule has 178 valence electrons. The van der Waals surface area contributed by atoms with Crippen molar-refractivity contribution in [2.24, 2.45) is 0 Å². The van der Waals surface area contributed by atoms with Gasteiger partial charge in [-0.1, -0.05) is 23.2 Å². The average Bonchev–Trinajstić information content (AvgIpc) is 3.00. The highest BCUT2D eigenvalue weighted by atomic mass is 35.5. The lowest BCUT2D eigenvalue weighted by Gasteiger charge is -2.41. The van der Waals surface area contributed by atoms with Crippen LogP contribution in [0.4, 0.5) is 5.69 Å². The molecule has 0 radical (unpaired) electrons. The number of hydrogen-bond donors (Lipinski definition) is 1. The molecule has 1 aromatic carbocycles. The minimum Gasteiger partial charge on any atom is -0.476 e. The number of carbonyl (C=O) groups is 1. The van der Waals surface area contributed by atoms with Crippen molar-refractivity contribution in [1.82, 2.24) is 10.3 Å². The zero-order valence-electron chi connectivity index (χ0n) is 18.7. The molecule has 1 amide bonds. The number of aromatic nitrogens is 1. The van der Waals surface area contributed by atoms with Crippen molar-refractivity contribution >= 4 is 44.6 Å². The smallest absolute Gasteiger partial charge is 0.263 e. The van der Waals surface area contributed by atoms with E-state index in [1.54, 1.807) is 44.3 Å². The normalized spacial score (nSPS) is 22.8. The van der Waals surface area contributed by atoms with Gasteiger partial charge in [0.15, 0.2) is 20.5 Å². The van der Waals surface area contributed by atoms with Crippen LogP contribution in [0, 0.1) is 0 Å². The molecule has 4 rings (SSSR count). The standard InChI is InChI=1S/C23H27Cl2N3O4S/c1-23(2,32-20-8-4-14(24)10-19(20)25)22(29)27-15-11-16-5-6-17(12-15)28(16)18-7-9-21(26-13-18)33(3,30)31/h4,7-10,13,15-17H,5-6,11-12H2,1-3H3,(H,27,29)/t15-,16+,17-.